The van der Waals surface area contributed by atoms with Gasteiger partial charge in [-0.1, -0.05) is 23.7 Å². The van der Waals surface area contributed by atoms with Crippen molar-refractivity contribution in [3.63, 3.8) is 0 Å². The van der Waals surface area contributed by atoms with Gasteiger partial charge in [-0.2, -0.15) is 5.10 Å². The molecule has 3 aromatic rings. The number of rotatable bonds is 2. The zero-order valence-corrected chi connectivity index (χ0v) is 15.1. The van der Waals surface area contributed by atoms with Crippen LogP contribution in [0.15, 0.2) is 50.7 Å². The van der Waals surface area contributed by atoms with Gasteiger partial charge in [-0.05, 0) is 48.7 Å². The summed E-state index contributed by atoms with van der Waals surface area (Å²) in [5, 5.41) is 16.5. The van der Waals surface area contributed by atoms with E-state index in [1.807, 2.05) is 31.2 Å². The normalized spacial score (nSPS) is 16.6. The number of hydrogen-bond acceptors (Lipinski definition) is 5. The van der Waals surface area contributed by atoms with Gasteiger partial charge in [0.15, 0.2) is 0 Å². The van der Waals surface area contributed by atoms with E-state index in [1.54, 1.807) is 13.0 Å². The third kappa shape index (κ3) is 2.74. The molecule has 132 valence electrons. The summed E-state index contributed by atoms with van der Waals surface area (Å²) in [6, 6.07) is 10.8. The van der Waals surface area contributed by atoms with Crippen molar-refractivity contribution in [3.8, 4) is 5.75 Å². The maximum Gasteiger partial charge on any atom is 0.336 e. The van der Waals surface area contributed by atoms with Crippen molar-refractivity contribution in [1.29, 1.82) is 0 Å². The molecule has 0 spiro atoms. The summed E-state index contributed by atoms with van der Waals surface area (Å²) in [6.45, 7) is 3.65. The number of aryl methyl sites for hydroxylation is 2. The van der Waals surface area contributed by atoms with E-state index in [0.29, 0.717) is 33.5 Å². The van der Waals surface area contributed by atoms with E-state index >= 15 is 0 Å². The van der Waals surface area contributed by atoms with Crippen LogP contribution in [0.1, 0.15) is 34.7 Å². The van der Waals surface area contributed by atoms with E-state index in [1.165, 1.54) is 6.07 Å². The van der Waals surface area contributed by atoms with Gasteiger partial charge in [-0.3, -0.25) is 0 Å². The second-order valence-corrected chi connectivity index (χ2v) is 6.97. The van der Waals surface area contributed by atoms with Crippen LogP contribution in [0.4, 0.5) is 0 Å². The van der Waals surface area contributed by atoms with Crippen LogP contribution >= 0.6 is 11.6 Å². The lowest BCUT2D eigenvalue weighted by Gasteiger charge is -2.13. The Bertz CT molecular complexity index is 1100. The highest BCUT2D eigenvalue weighted by atomic mass is 35.5. The predicted molar refractivity (Wildman–Crippen MR) is 102 cm³/mol. The SMILES string of the molecule is Cc1cc2oc(=O)cc(C)c2c(O)c1C1=NN[C@H](c2ccc(Cl)cc2)C1. The Labute approximate surface area is 154 Å². The van der Waals surface area contributed by atoms with E-state index in [4.69, 9.17) is 16.0 Å². The van der Waals surface area contributed by atoms with E-state index in [0.717, 1.165) is 16.8 Å². The first-order chi connectivity index (χ1) is 12.4. The highest BCUT2D eigenvalue weighted by Gasteiger charge is 2.26. The van der Waals surface area contributed by atoms with Gasteiger partial charge < -0.3 is 14.9 Å². The molecule has 4 rings (SSSR count). The van der Waals surface area contributed by atoms with Crippen molar-refractivity contribution in [2.24, 2.45) is 5.10 Å². The van der Waals surface area contributed by atoms with Gasteiger partial charge in [0.2, 0.25) is 0 Å². The van der Waals surface area contributed by atoms with Gasteiger partial charge in [-0.25, -0.2) is 4.79 Å². The highest BCUT2D eigenvalue weighted by molar-refractivity contribution is 6.30. The molecule has 0 amide bonds. The topological polar surface area (TPSA) is 74.8 Å². The lowest BCUT2D eigenvalue weighted by atomic mass is 9.93. The van der Waals surface area contributed by atoms with Crippen LogP contribution in [0.5, 0.6) is 5.75 Å². The first kappa shape index (κ1) is 16.7. The lowest BCUT2D eigenvalue weighted by Crippen LogP contribution is -2.10. The number of hydrazone groups is 1. The molecule has 2 N–H and O–H groups in total. The lowest BCUT2D eigenvalue weighted by molar-refractivity contribution is 0.476. The van der Waals surface area contributed by atoms with Crippen LogP contribution in [-0.2, 0) is 0 Å². The Morgan fingerprint density at radius 3 is 2.65 bits per heavy atom. The molecule has 0 fully saturated rings. The van der Waals surface area contributed by atoms with Crippen LogP contribution in [0.25, 0.3) is 11.0 Å². The Kier molecular flexibility index (Phi) is 3.96. The zero-order valence-electron chi connectivity index (χ0n) is 14.3. The largest absolute Gasteiger partial charge is 0.506 e. The first-order valence-electron chi connectivity index (χ1n) is 8.29. The highest BCUT2D eigenvalue weighted by Crippen LogP contribution is 2.36. The maximum absolute atomic E-state index is 11.6. The summed E-state index contributed by atoms with van der Waals surface area (Å²) < 4.78 is 5.24. The molecule has 6 heteroatoms. The van der Waals surface area contributed by atoms with E-state index in [-0.39, 0.29) is 11.8 Å². The number of aromatic hydroxyl groups is 1. The standard InChI is InChI=1S/C20H17ClN2O3/c1-10-7-16-19(11(2)8-17(24)26-16)20(25)18(10)15-9-14(22-23-15)12-3-5-13(21)6-4-12/h3-8,14,22,25H,9H2,1-2H3/t14-/m0/s1. The first-order valence-corrected chi connectivity index (χ1v) is 8.67. The number of nitrogens with zero attached hydrogens (tertiary/aromatic N) is 1. The average molecular weight is 369 g/mol. The van der Waals surface area contributed by atoms with Crippen LogP contribution < -0.4 is 11.1 Å². The molecule has 0 bridgehead atoms. The number of benzene rings is 2. The predicted octanol–water partition coefficient (Wildman–Crippen LogP) is 4.21. The molecule has 1 aliphatic rings. The fourth-order valence-electron chi connectivity index (χ4n) is 3.47. The van der Waals surface area contributed by atoms with E-state index < -0.39 is 5.63 Å². The van der Waals surface area contributed by atoms with Gasteiger partial charge in [0.25, 0.3) is 0 Å². The summed E-state index contributed by atoms with van der Waals surface area (Å²) in [6.07, 6.45) is 0.636. The molecular weight excluding hydrogens is 352 g/mol. The van der Waals surface area contributed by atoms with Crippen molar-refractivity contribution < 1.29 is 9.52 Å². The van der Waals surface area contributed by atoms with Gasteiger partial charge in [-0.15, -0.1) is 0 Å². The molecule has 0 radical (unpaired) electrons. The average Bonchev–Trinajstić information content (AvgIpc) is 3.04. The molecule has 0 saturated heterocycles. The van der Waals surface area contributed by atoms with E-state index in [2.05, 4.69) is 10.5 Å². The summed E-state index contributed by atoms with van der Waals surface area (Å²) in [7, 11) is 0. The maximum atomic E-state index is 11.6. The smallest absolute Gasteiger partial charge is 0.336 e. The Balaban J connectivity index is 1.75. The Morgan fingerprint density at radius 1 is 1.19 bits per heavy atom. The molecule has 1 aliphatic heterocycles. The number of hydrogen-bond donors (Lipinski definition) is 2. The fourth-order valence-corrected chi connectivity index (χ4v) is 3.59. The molecular formula is C20H17ClN2O3. The Morgan fingerprint density at radius 2 is 1.92 bits per heavy atom. The summed E-state index contributed by atoms with van der Waals surface area (Å²) in [5.41, 5.74) is 7.09. The van der Waals surface area contributed by atoms with Gasteiger partial charge >= 0.3 is 5.63 Å². The summed E-state index contributed by atoms with van der Waals surface area (Å²) in [5.74, 6) is 0.0959. The van der Waals surface area contributed by atoms with Crippen LogP contribution in [0.3, 0.4) is 0 Å². The van der Waals surface area contributed by atoms with Crippen molar-refractivity contribution in [2.75, 3.05) is 0 Å². The van der Waals surface area contributed by atoms with Gasteiger partial charge in [0.1, 0.15) is 11.3 Å². The number of fused-ring (bicyclic) bond motifs is 1. The second kappa shape index (κ2) is 6.18. The fraction of sp³-hybridized carbons (Fsp3) is 0.200. The molecule has 2 aromatic carbocycles. The van der Waals surface area contributed by atoms with Crippen LogP contribution in [0.2, 0.25) is 5.02 Å². The zero-order chi connectivity index (χ0) is 18.4. The summed E-state index contributed by atoms with van der Waals surface area (Å²) in [4.78, 5) is 11.6. The number of nitrogens with one attached hydrogen (secondary N) is 1. The van der Waals surface area contributed by atoms with Crippen molar-refractivity contribution in [3.05, 3.63) is 74.1 Å². The molecule has 0 aliphatic carbocycles. The molecule has 5 nitrogen and oxygen atoms in total. The minimum absolute atomic E-state index is 0.0200. The quantitative estimate of drug-likeness (QED) is 0.664. The number of phenolic OH excluding ortho intramolecular Hbond substituents is 1. The van der Waals surface area contributed by atoms with Crippen LogP contribution in [-0.4, -0.2) is 10.8 Å². The van der Waals surface area contributed by atoms with Gasteiger partial charge in [0.05, 0.1) is 17.1 Å². The van der Waals surface area contributed by atoms with Crippen molar-refractivity contribution in [1.82, 2.24) is 5.43 Å². The molecule has 26 heavy (non-hydrogen) atoms. The number of phenols is 1. The van der Waals surface area contributed by atoms with Crippen molar-refractivity contribution in [2.45, 2.75) is 26.3 Å². The minimum atomic E-state index is -0.427. The third-order valence-electron chi connectivity index (χ3n) is 4.71. The van der Waals surface area contributed by atoms with E-state index in [9.17, 15) is 9.90 Å². The van der Waals surface area contributed by atoms with Gasteiger partial charge in [0, 0.05) is 23.1 Å². The molecule has 1 aromatic heterocycles. The third-order valence-corrected chi connectivity index (χ3v) is 4.97. The monoisotopic (exact) mass is 368 g/mol. The van der Waals surface area contributed by atoms with Crippen LogP contribution in [0, 0.1) is 13.8 Å². The second-order valence-electron chi connectivity index (χ2n) is 6.53. The minimum Gasteiger partial charge on any atom is -0.506 e. The van der Waals surface area contributed by atoms with Crippen molar-refractivity contribution >= 4 is 28.3 Å². The summed E-state index contributed by atoms with van der Waals surface area (Å²) >= 11 is 5.95. The molecule has 0 unspecified atom stereocenters. The number of halogens is 1. The molecule has 2 heterocycles. The molecule has 1 atom stereocenters. The molecule has 0 saturated carbocycles. The Hall–Kier alpha value is -2.79.